The maximum Gasteiger partial charge on any atom is 0.305 e. The van der Waals surface area contributed by atoms with Crippen molar-refractivity contribution in [2.45, 2.75) is 23.7 Å². The van der Waals surface area contributed by atoms with Gasteiger partial charge in [0.25, 0.3) is 5.91 Å². The van der Waals surface area contributed by atoms with E-state index in [1.54, 1.807) is 18.2 Å². The van der Waals surface area contributed by atoms with Gasteiger partial charge < -0.3 is 9.15 Å². The molecule has 0 radical (unpaired) electrons. The zero-order chi connectivity index (χ0) is 22.4. The van der Waals surface area contributed by atoms with Crippen molar-refractivity contribution in [1.29, 1.82) is 0 Å². The monoisotopic (exact) mass is 446 g/mol. The van der Waals surface area contributed by atoms with Gasteiger partial charge in [-0.1, -0.05) is 18.2 Å². The van der Waals surface area contributed by atoms with Crippen LogP contribution in [0.15, 0.2) is 76.2 Å². The van der Waals surface area contributed by atoms with E-state index in [1.165, 1.54) is 55.7 Å². The minimum absolute atomic E-state index is 0.114. The van der Waals surface area contributed by atoms with Gasteiger partial charge in [-0.05, 0) is 49.4 Å². The van der Waals surface area contributed by atoms with Crippen LogP contribution in [0.3, 0.4) is 0 Å². The van der Waals surface area contributed by atoms with Crippen LogP contribution in [0, 0.1) is 5.82 Å². The smallest absolute Gasteiger partial charge is 0.305 e. The molecule has 0 aliphatic rings. The Bertz CT molecular complexity index is 1160. The normalized spacial score (nSPS) is 12.1. The summed E-state index contributed by atoms with van der Waals surface area (Å²) in [5.41, 5.74) is 4.48. The van der Waals surface area contributed by atoms with E-state index in [0.29, 0.717) is 0 Å². The van der Waals surface area contributed by atoms with Crippen molar-refractivity contribution in [3.63, 3.8) is 0 Å². The van der Waals surface area contributed by atoms with E-state index < -0.39 is 39.3 Å². The van der Waals surface area contributed by atoms with Crippen molar-refractivity contribution in [2.24, 2.45) is 0 Å². The fourth-order valence-electron chi connectivity index (χ4n) is 2.61. The summed E-state index contributed by atoms with van der Waals surface area (Å²) < 4.78 is 48.5. The van der Waals surface area contributed by atoms with Gasteiger partial charge in [-0.15, -0.1) is 0 Å². The van der Waals surface area contributed by atoms with Gasteiger partial charge in [0.15, 0.2) is 21.7 Å². The maximum atomic E-state index is 12.9. The molecule has 3 aromatic rings. The van der Waals surface area contributed by atoms with Crippen LogP contribution < -0.4 is 15.6 Å². The number of hydrogen-bond donors (Lipinski definition) is 2. The molecule has 162 valence electrons. The number of nitrogens with one attached hydrogen (secondary N) is 2. The topological polar surface area (TPSA) is 115 Å². The van der Waals surface area contributed by atoms with Crippen LogP contribution in [0.25, 0.3) is 0 Å². The molecule has 0 unspecified atom stereocenters. The number of rotatable bonds is 7. The summed E-state index contributed by atoms with van der Waals surface area (Å²) in [7, 11) is -3.70. The molecule has 0 aliphatic heterocycles. The molecule has 0 saturated carbocycles. The van der Waals surface area contributed by atoms with Crippen LogP contribution in [0.4, 0.5) is 4.39 Å². The van der Waals surface area contributed by atoms with E-state index >= 15 is 0 Å². The largest absolute Gasteiger partial charge is 0.481 e. The van der Waals surface area contributed by atoms with Gasteiger partial charge in [0.05, 0.1) is 16.9 Å². The molecule has 0 spiro atoms. The van der Waals surface area contributed by atoms with E-state index in [2.05, 4.69) is 10.9 Å². The number of hydrogen-bond acceptors (Lipinski definition) is 6. The lowest BCUT2D eigenvalue weighted by atomic mass is 10.3. The molecule has 0 saturated heterocycles. The fourth-order valence-corrected chi connectivity index (χ4v) is 3.99. The first-order valence-electron chi connectivity index (χ1n) is 9.13. The van der Waals surface area contributed by atoms with Gasteiger partial charge in [-0.2, -0.15) is 0 Å². The Kier molecular flexibility index (Phi) is 6.71. The second kappa shape index (κ2) is 9.43. The van der Waals surface area contributed by atoms with Crippen molar-refractivity contribution in [1.82, 2.24) is 10.9 Å². The minimum atomic E-state index is -3.70. The number of carbonyl (C=O) groups is 2. The average molecular weight is 446 g/mol. The highest BCUT2D eigenvalue weighted by Crippen LogP contribution is 2.20. The minimum Gasteiger partial charge on any atom is -0.481 e. The third-order valence-corrected chi connectivity index (χ3v) is 5.88. The number of ether oxygens (including phenoxy) is 1. The molecular formula is C21H19FN2O6S. The highest BCUT2D eigenvalue weighted by Gasteiger charge is 2.23. The van der Waals surface area contributed by atoms with Crippen molar-refractivity contribution in [3.05, 3.63) is 84.1 Å². The Balaban J connectivity index is 1.59. The van der Waals surface area contributed by atoms with Crippen molar-refractivity contribution >= 4 is 21.7 Å². The van der Waals surface area contributed by atoms with Crippen molar-refractivity contribution in [3.8, 4) is 5.75 Å². The SMILES string of the molecule is C[C@@H](Oc1ccc(F)cc1)C(=O)NNC(=O)c1occc1CS(=O)(=O)c1ccccc1. The summed E-state index contributed by atoms with van der Waals surface area (Å²) in [5.74, 6) is -2.37. The van der Waals surface area contributed by atoms with Gasteiger partial charge >= 0.3 is 5.91 Å². The van der Waals surface area contributed by atoms with E-state index in [1.807, 2.05) is 0 Å². The Morgan fingerprint density at radius 2 is 1.71 bits per heavy atom. The third kappa shape index (κ3) is 5.70. The summed E-state index contributed by atoms with van der Waals surface area (Å²) in [6, 6.07) is 14.3. The summed E-state index contributed by atoms with van der Waals surface area (Å²) >= 11 is 0. The zero-order valence-electron chi connectivity index (χ0n) is 16.4. The molecule has 0 bridgehead atoms. The van der Waals surface area contributed by atoms with Crippen molar-refractivity contribution in [2.75, 3.05) is 0 Å². The molecule has 31 heavy (non-hydrogen) atoms. The van der Waals surface area contributed by atoms with Crippen molar-refractivity contribution < 1.29 is 31.6 Å². The van der Waals surface area contributed by atoms with Gasteiger partial charge in [-0.3, -0.25) is 20.4 Å². The quantitative estimate of drug-likeness (QED) is 0.539. The van der Waals surface area contributed by atoms with Gasteiger partial charge in [0.1, 0.15) is 11.6 Å². The lowest BCUT2D eigenvalue weighted by molar-refractivity contribution is -0.128. The van der Waals surface area contributed by atoms with Crippen LogP contribution in [0.1, 0.15) is 23.0 Å². The second-order valence-corrected chi connectivity index (χ2v) is 8.49. The zero-order valence-corrected chi connectivity index (χ0v) is 17.2. The van der Waals surface area contributed by atoms with E-state index in [-0.39, 0.29) is 22.0 Å². The van der Waals surface area contributed by atoms with Gasteiger partial charge in [-0.25, -0.2) is 12.8 Å². The number of carbonyl (C=O) groups excluding carboxylic acids is 2. The Labute approximate surface area is 177 Å². The molecule has 2 N–H and O–H groups in total. The lowest BCUT2D eigenvalue weighted by Gasteiger charge is -2.15. The number of benzene rings is 2. The average Bonchev–Trinajstić information content (AvgIpc) is 3.21. The standard InChI is InChI=1S/C21H19FN2O6S/c1-14(30-17-9-7-16(22)8-10-17)20(25)23-24-21(26)19-15(11-12-29-19)13-31(27,28)18-5-3-2-4-6-18/h2-12,14H,13H2,1H3,(H,23,25)(H,24,26)/t14-/m1/s1. The second-order valence-electron chi connectivity index (χ2n) is 6.50. The molecule has 1 aromatic heterocycles. The molecule has 1 atom stereocenters. The molecular weight excluding hydrogens is 427 g/mol. The number of sulfone groups is 1. The Hall–Kier alpha value is -3.66. The molecule has 0 fully saturated rings. The molecule has 2 amide bonds. The predicted molar refractivity (Wildman–Crippen MR) is 108 cm³/mol. The highest BCUT2D eigenvalue weighted by molar-refractivity contribution is 7.90. The number of furan rings is 1. The summed E-state index contributed by atoms with van der Waals surface area (Å²) in [6.45, 7) is 1.44. The predicted octanol–water partition coefficient (Wildman–Crippen LogP) is 2.62. The Morgan fingerprint density at radius 3 is 2.39 bits per heavy atom. The maximum absolute atomic E-state index is 12.9. The van der Waals surface area contributed by atoms with Crippen LogP contribution in [-0.4, -0.2) is 26.3 Å². The van der Waals surface area contributed by atoms with E-state index in [0.717, 1.165) is 0 Å². The number of halogens is 1. The third-order valence-electron chi connectivity index (χ3n) is 4.20. The van der Waals surface area contributed by atoms with E-state index in [9.17, 15) is 22.4 Å². The molecule has 0 aliphatic carbocycles. The van der Waals surface area contributed by atoms with Crippen LogP contribution in [0.2, 0.25) is 0 Å². The van der Waals surface area contributed by atoms with Gasteiger partial charge in [0, 0.05) is 5.56 Å². The summed E-state index contributed by atoms with van der Waals surface area (Å²) in [6.07, 6.45) is 0.188. The van der Waals surface area contributed by atoms with Crippen LogP contribution in [0.5, 0.6) is 5.75 Å². The first kappa shape index (κ1) is 22.0. The first-order chi connectivity index (χ1) is 14.8. The molecule has 10 heteroatoms. The lowest BCUT2D eigenvalue weighted by Crippen LogP contribution is -2.47. The van der Waals surface area contributed by atoms with E-state index in [4.69, 9.17) is 9.15 Å². The molecule has 8 nitrogen and oxygen atoms in total. The highest BCUT2D eigenvalue weighted by atomic mass is 32.2. The molecule has 3 rings (SSSR count). The first-order valence-corrected chi connectivity index (χ1v) is 10.8. The summed E-state index contributed by atoms with van der Waals surface area (Å²) in [5, 5.41) is 0. The summed E-state index contributed by atoms with van der Waals surface area (Å²) in [4.78, 5) is 24.6. The van der Waals surface area contributed by atoms with Crippen LogP contribution >= 0.6 is 0 Å². The van der Waals surface area contributed by atoms with Crippen LogP contribution in [-0.2, 0) is 20.4 Å². The fraction of sp³-hybridized carbons (Fsp3) is 0.143. The molecule has 1 heterocycles. The number of amides is 2. The van der Waals surface area contributed by atoms with Gasteiger partial charge in [0.2, 0.25) is 0 Å². The Morgan fingerprint density at radius 1 is 1.03 bits per heavy atom. The molecule has 2 aromatic carbocycles. The number of hydrazine groups is 1.